The highest BCUT2D eigenvalue weighted by Crippen LogP contribution is 2.38. The van der Waals surface area contributed by atoms with E-state index >= 15 is 0 Å². The van der Waals surface area contributed by atoms with Crippen LogP contribution in [0.3, 0.4) is 0 Å². The van der Waals surface area contributed by atoms with Crippen molar-refractivity contribution in [1.29, 1.82) is 0 Å². The monoisotopic (exact) mass is 628 g/mol. The van der Waals surface area contributed by atoms with Crippen LogP contribution in [0.1, 0.15) is 42.5 Å². The Labute approximate surface area is 273 Å². The van der Waals surface area contributed by atoms with Crippen molar-refractivity contribution in [3.05, 3.63) is 107 Å². The predicted molar refractivity (Wildman–Crippen MR) is 183 cm³/mol. The molecule has 238 valence electrons. The van der Waals surface area contributed by atoms with Gasteiger partial charge in [-0.3, -0.25) is 19.1 Å². The van der Waals surface area contributed by atoms with Gasteiger partial charge in [0.15, 0.2) is 11.5 Å². The van der Waals surface area contributed by atoms with Crippen LogP contribution < -0.4 is 19.8 Å². The first-order chi connectivity index (χ1) is 23.1. The summed E-state index contributed by atoms with van der Waals surface area (Å²) in [6.45, 7) is 1.82. The third-order valence-electron chi connectivity index (χ3n) is 8.68. The van der Waals surface area contributed by atoms with Crippen molar-refractivity contribution in [3.63, 3.8) is 0 Å². The normalized spacial score (nSPS) is 15.3. The predicted octanol–water partition coefficient (Wildman–Crippen LogP) is 7.01. The van der Waals surface area contributed by atoms with E-state index in [9.17, 15) is 9.59 Å². The van der Waals surface area contributed by atoms with Gasteiger partial charge in [-0.2, -0.15) is 0 Å². The maximum Gasteiger partial charge on any atom is 0.266 e. The van der Waals surface area contributed by atoms with Gasteiger partial charge in [0.2, 0.25) is 0 Å². The topological polar surface area (TPSA) is 95.2 Å². The molecule has 0 aliphatic carbocycles. The van der Waals surface area contributed by atoms with Gasteiger partial charge in [-0.1, -0.05) is 42.5 Å². The third kappa shape index (κ3) is 6.21. The fraction of sp³-hybridized carbons (Fsp3) is 0.263. The lowest BCUT2D eigenvalue weighted by Gasteiger charge is -2.20. The summed E-state index contributed by atoms with van der Waals surface area (Å²) in [4.78, 5) is 38.0. The molecule has 7 rings (SSSR count). The van der Waals surface area contributed by atoms with Gasteiger partial charge in [0.25, 0.3) is 11.5 Å². The van der Waals surface area contributed by atoms with E-state index in [1.165, 1.54) is 0 Å². The summed E-state index contributed by atoms with van der Waals surface area (Å²) in [5.74, 6) is 2.45. The highest BCUT2D eigenvalue weighted by Gasteiger charge is 2.32. The highest BCUT2D eigenvalue weighted by molar-refractivity contribution is 6.03. The number of fused-ring (bicyclic) bond motifs is 3. The van der Waals surface area contributed by atoms with Gasteiger partial charge in [-0.25, -0.2) is 4.98 Å². The standard InChI is InChI=1S/C38H36N4O5/c1-45-34-23-31-33(39-25-28-13-10-20-41(28)37(31)43)24-35(34)47-22-9-3-8-21-46-29-18-16-27(17-19-29)42-36(26-11-4-2-5-12-26)40-32-15-7-6-14-30(32)38(42)44/h2,4-7,11-12,14-19,23-25,28H,3,8-10,13,20-22H2,1H3/t28-/m0/s1. The van der Waals surface area contributed by atoms with Crippen molar-refractivity contribution < 1.29 is 19.0 Å². The van der Waals surface area contributed by atoms with Gasteiger partial charge < -0.3 is 19.1 Å². The molecule has 1 aromatic heterocycles. The number of aromatic nitrogens is 2. The molecule has 9 heteroatoms. The number of methoxy groups -OCH3 is 1. The van der Waals surface area contributed by atoms with Crippen LogP contribution in [0.2, 0.25) is 0 Å². The Morgan fingerprint density at radius 2 is 1.60 bits per heavy atom. The number of hydrogen-bond donors (Lipinski definition) is 0. The number of rotatable bonds is 11. The minimum absolute atomic E-state index is 0.00368. The lowest BCUT2D eigenvalue weighted by atomic mass is 10.1. The summed E-state index contributed by atoms with van der Waals surface area (Å²) in [5.41, 5.74) is 3.32. The minimum Gasteiger partial charge on any atom is -0.494 e. The zero-order chi connectivity index (χ0) is 32.2. The van der Waals surface area contributed by atoms with E-state index in [1.54, 1.807) is 17.7 Å². The van der Waals surface area contributed by atoms with Crippen LogP contribution >= 0.6 is 0 Å². The summed E-state index contributed by atoms with van der Waals surface area (Å²) in [6.07, 6.45) is 6.42. The van der Waals surface area contributed by atoms with Crippen LogP contribution in [0.25, 0.3) is 28.0 Å². The van der Waals surface area contributed by atoms with Crippen molar-refractivity contribution >= 4 is 28.7 Å². The number of para-hydroxylation sites is 1. The molecule has 0 N–H and O–H groups in total. The number of unbranched alkanes of at least 4 members (excludes halogenated alkanes) is 2. The van der Waals surface area contributed by atoms with Gasteiger partial charge in [-0.15, -0.1) is 0 Å². The molecule has 0 saturated carbocycles. The van der Waals surface area contributed by atoms with E-state index < -0.39 is 0 Å². The van der Waals surface area contributed by atoms with E-state index in [1.807, 2.05) is 96.0 Å². The lowest BCUT2D eigenvalue weighted by molar-refractivity contribution is 0.0774. The number of carbonyl (C=O) groups is 1. The average molecular weight is 629 g/mol. The molecule has 0 bridgehead atoms. The molecular weight excluding hydrogens is 592 g/mol. The second-order valence-corrected chi connectivity index (χ2v) is 11.7. The van der Waals surface area contributed by atoms with Crippen LogP contribution in [0.4, 0.5) is 5.69 Å². The zero-order valence-electron chi connectivity index (χ0n) is 26.3. The van der Waals surface area contributed by atoms with Crippen LogP contribution in [-0.4, -0.2) is 59.5 Å². The van der Waals surface area contributed by atoms with Gasteiger partial charge in [-0.05, 0) is 74.6 Å². The molecule has 0 spiro atoms. The Morgan fingerprint density at radius 3 is 2.40 bits per heavy atom. The number of benzene rings is 4. The van der Waals surface area contributed by atoms with Crippen molar-refractivity contribution in [3.8, 4) is 34.3 Å². The van der Waals surface area contributed by atoms with E-state index in [4.69, 9.17) is 19.2 Å². The van der Waals surface area contributed by atoms with Gasteiger partial charge in [0.05, 0.1) is 54.2 Å². The summed E-state index contributed by atoms with van der Waals surface area (Å²) >= 11 is 0. The average Bonchev–Trinajstić information content (AvgIpc) is 3.55. The van der Waals surface area contributed by atoms with Crippen molar-refractivity contribution in [2.24, 2.45) is 4.99 Å². The first kappa shape index (κ1) is 30.2. The quantitative estimate of drug-likeness (QED) is 0.146. The van der Waals surface area contributed by atoms with Crippen LogP contribution in [0, 0.1) is 0 Å². The van der Waals surface area contributed by atoms with Crippen molar-refractivity contribution in [2.45, 2.75) is 38.1 Å². The zero-order valence-corrected chi connectivity index (χ0v) is 26.3. The third-order valence-corrected chi connectivity index (χ3v) is 8.68. The second kappa shape index (κ2) is 13.5. The van der Waals surface area contributed by atoms with E-state index in [-0.39, 0.29) is 17.5 Å². The minimum atomic E-state index is -0.115. The lowest BCUT2D eigenvalue weighted by Crippen LogP contribution is -2.35. The van der Waals surface area contributed by atoms with Crippen molar-refractivity contribution in [2.75, 3.05) is 26.9 Å². The number of nitrogens with zero attached hydrogens (tertiary/aromatic N) is 4. The van der Waals surface area contributed by atoms with E-state index in [2.05, 4.69) is 4.99 Å². The Morgan fingerprint density at radius 1 is 0.830 bits per heavy atom. The first-order valence-corrected chi connectivity index (χ1v) is 16.1. The number of aliphatic imine (C=N–C) groups is 1. The maximum absolute atomic E-state index is 13.6. The summed E-state index contributed by atoms with van der Waals surface area (Å²) in [7, 11) is 1.58. The van der Waals surface area contributed by atoms with Gasteiger partial charge in [0.1, 0.15) is 11.6 Å². The molecule has 1 saturated heterocycles. The van der Waals surface area contributed by atoms with E-state index in [0.29, 0.717) is 52.7 Å². The summed E-state index contributed by atoms with van der Waals surface area (Å²) in [6, 6.07) is 28.3. The largest absolute Gasteiger partial charge is 0.494 e. The Hall–Kier alpha value is -5.44. The number of hydrogen-bond acceptors (Lipinski definition) is 7. The molecule has 4 aromatic carbocycles. The molecule has 0 radical (unpaired) electrons. The van der Waals surface area contributed by atoms with Crippen molar-refractivity contribution in [1.82, 2.24) is 14.5 Å². The fourth-order valence-corrected chi connectivity index (χ4v) is 6.22. The Kier molecular flexibility index (Phi) is 8.68. The maximum atomic E-state index is 13.6. The molecule has 1 atom stereocenters. The molecule has 3 heterocycles. The molecule has 2 aliphatic rings. The van der Waals surface area contributed by atoms with Gasteiger partial charge >= 0.3 is 0 Å². The molecular formula is C38H36N4O5. The van der Waals surface area contributed by atoms with Crippen LogP contribution in [-0.2, 0) is 0 Å². The highest BCUT2D eigenvalue weighted by atomic mass is 16.5. The SMILES string of the molecule is COc1cc2c(cc1OCCCCCOc1ccc(-n3c(-c4ccccc4)nc4ccccc4c3=O)cc1)N=C[C@@H]1CCCN1C2=O. The Bertz CT molecular complexity index is 1990. The fourth-order valence-electron chi connectivity index (χ4n) is 6.22. The summed E-state index contributed by atoms with van der Waals surface area (Å²) in [5, 5.41) is 0.570. The first-order valence-electron chi connectivity index (χ1n) is 16.1. The summed E-state index contributed by atoms with van der Waals surface area (Å²) < 4.78 is 19.3. The molecule has 47 heavy (non-hydrogen) atoms. The number of carbonyl (C=O) groups excluding carboxylic acids is 1. The second-order valence-electron chi connectivity index (χ2n) is 11.7. The van der Waals surface area contributed by atoms with Crippen LogP contribution in [0.15, 0.2) is 101 Å². The van der Waals surface area contributed by atoms with Gasteiger partial charge in [0, 0.05) is 24.4 Å². The van der Waals surface area contributed by atoms with Crippen LogP contribution in [0.5, 0.6) is 17.2 Å². The molecule has 0 unspecified atom stereocenters. The molecule has 9 nitrogen and oxygen atoms in total. The molecule has 1 fully saturated rings. The molecule has 1 amide bonds. The molecule has 2 aliphatic heterocycles. The number of ether oxygens (including phenoxy) is 3. The smallest absolute Gasteiger partial charge is 0.266 e. The molecule has 5 aromatic rings. The number of amides is 1. The Balaban J connectivity index is 0.943. The van der Waals surface area contributed by atoms with E-state index in [0.717, 1.165) is 55.6 Å².